The Morgan fingerprint density at radius 2 is 1.88 bits per heavy atom. The minimum Gasteiger partial charge on any atom is -0.496 e. The van der Waals surface area contributed by atoms with Crippen molar-refractivity contribution in [1.29, 1.82) is 0 Å². The summed E-state index contributed by atoms with van der Waals surface area (Å²) in [6.07, 6.45) is 4.83. The average molecular weight is 234 g/mol. The lowest BCUT2D eigenvalue weighted by Gasteiger charge is -2.17. The van der Waals surface area contributed by atoms with Gasteiger partial charge in [-0.2, -0.15) is 0 Å². The van der Waals surface area contributed by atoms with E-state index in [2.05, 4.69) is 0 Å². The molecular weight excluding hydrogens is 216 g/mol. The highest BCUT2D eigenvalue weighted by Crippen LogP contribution is 2.32. The van der Waals surface area contributed by atoms with Crippen molar-refractivity contribution in [2.45, 2.75) is 38.7 Å². The van der Waals surface area contributed by atoms with Gasteiger partial charge in [-0.05, 0) is 44.7 Å². The van der Waals surface area contributed by atoms with E-state index in [4.69, 9.17) is 9.47 Å². The van der Waals surface area contributed by atoms with Gasteiger partial charge in [0.05, 0.1) is 13.2 Å². The molecule has 0 radical (unpaired) electrons. The first-order valence-electron chi connectivity index (χ1n) is 6.07. The highest BCUT2D eigenvalue weighted by atomic mass is 16.5. The van der Waals surface area contributed by atoms with Gasteiger partial charge in [-0.1, -0.05) is 6.07 Å². The second kappa shape index (κ2) is 5.21. The molecule has 1 aromatic carbocycles. The van der Waals surface area contributed by atoms with Crippen LogP contribution in [0.4, 0.5) is 0 Å². The Kier molecular flexibility index (Phi) is 3.67. The number of carbonyl (C=O) groups excluding carboxylic acids is 1. The monoisotopic (exact) mass is 234 g/mol. The van der Waals surface area contributed by atoms with Crippen molar-refractivity contribution in [1.82, 2.24) is 0 Å². The number of carbonyl (C=O) groups is 1. The van der Waals surface area contributed by atoms with Crippen molar-refractivity contribution in [2.24, 2.45) is 0 Å². The number of ether oxygens (including phenoxy) is 2. The predicted octanol–water partition coefficient (Wildman–Crippen LogP) is 3.22. The van der Waals surface area contributed by atoms with E-state index < -0.39 is 0 Å². The topological polar surface area (TPSA) is 35.5 Å². The van der Waals surface area contributed by atoms with Gasteiger partial charge in [0.15, 0.2) is 5.78 Å². The number of Topliss-reactive ketones (excluding diaryl/α,β-unsaturated/α-hetero) is 1. The zero-order valence-electron chi connectivity index (χ0n) is 10.4. The molecule has 1 aliphatic carbocycles. The lowest BCUT2D eigenvalue weighted by Crippen LogP contribution is -2.13. The first-order valence-corrected chi connectivity index (χ1v) is 6.07. The van der Waals surface area contributed by atoms with Gasteiger partial charge in [0, 0.05) is 0 Å². The van der Waals surface area contributed by atoms with E-state index in [1.54, 1.807) is 20.1 Å². The number of benzene rings is 1. The molecule has 1 saturated carbocycles. The summed E-state index contributed by atoms with van der Waals surface area (Å²) in [4.78, 5) is 11.7. The molecule has 1 aliphatic rings. The Bertz CT molecular complexity index is 406. The summed E-state index contributed by atoms with van der Waals surface area (Å²) >= 11 is 0. The first-order chi connectivity index (χ1) is 8.22. The van der Waals surface area contributed by atoms with Crippen LogP contribution in [0.15, 0.2) is 18.2 Å². The van der Waals surface area contributed by atoms with Crippen LogP contribution >= 0.6 is 0 Å². The van der Waals surface area contributed by atoms with E-state index in [0.717, 1.165) is 12.8 Å². The maximum Gasteiger partial charge on any atom is 0.167 e. The predicted molar refractivity (Wildman–Crippen MR) is 65.9 cm³/mol. The average Bonchev–Trinajstić information content (AvgIpc) is 2.81. The van der Waals surface area contributed by atoms with E-state index in [0.29, 0.717) is 17.1 Å². The number of hydrogen-bond acceptors (Lipinski definition) is 3. The molecular formula is C14H18O3. The second-order valence-electron chi connectivity index (χ2n) is 4.41. The third kappa shape index (κ3) is 2.60. The molecule has 92 valence electrons. The van der Waals surface area contributed by atoms with Gasteiger partial charge in [-0.3, -0.25) is 4.79 Å². The van der Waals surface area contributed by atoms with Crippen LogP contribution in [0, 0.1) is 0 Å². The van der Waals surface area contributed by atoms with Gasteiger partial charge < -0.3 is 9.47 Å². The molecule has 0 spiro atoms. The quantitative estimate of drug-likeness (QED) is 0.750. The Morgan fingerprint density at radius 3 is 2.47 bits per heavy atom. The van der Waals surface area contributed by atoms with Crippen LogP contribution in [0.25, 0.3) is 0 Å². The normalized spacial score (nSPS) is 15.9. The van der Waals surface area contributed by atoms with E-state index >= 15 is 0 Å². The van der Waals surface area contributed by atoms with Crippen LogP contribution < -0.4 is 9.47 Å². The first kappa shape index (κ1) is 12.0. The third-order valence-electron chi connectivity index (χ3n) is 3.16. The maximum absolute atomic E-state index is 11.7. The molecule has 3 nitrogen and oxygen atoms in total. The maximum atomic E-state index is 11.7. The van der Waals surface area contributed by atoms with Gasteiger partial charge in [0.2, 0.25) is 0 Å². The summed E-state index contributed by atoms with van der Waals surface area (Å²) in [6.45, 7) is 1.54. The van der Waals surface area contributed by atoms with E-state index in [9.17, 15) is 4.79 Å². The summed E-state index contributed by atoms with van der Waals surface area (Å²) < 4.78 is 11.1. The SMILES string of the molecule is COc1cccc(OC2CCCC2)c1C(C)=O. The van der Waals surface area contributed by atoms with Crippen molar-refractivity contribution in [3.63, 3.8) is 0 Å². The van der Waals surface area contributed by atoms with E-state index in [1.807, 2.05) is 12.1 Å². The van der Waals surface area contributed by atoms with Crippen molar-refractivity contribution in [3.8, 4) is 11.5 Å². The molecule has 0 atom stereocenters. The minimum atomic E-state index is -0.0181. The van der Waals surface area contributed by atoms with Gasteiger partial charge in [0.1, 0.15) is 17.1 Å². The van der Waals surface area contributed by atoms with Crippen molar-refractivity contribution in [3.05, 3.63) is 23.8 Å². The van der Waals surface area contributed by atoms with Crippen LogP contribution in [0.1, 0.15) is 43.0 Å². The summed E-state index contributed by atoms with van der Waals surface area (Å²) in [5.41, 5.74) is 0.557. The molecule has 0 amide bonds. The van der Waals surface area contributed by atoms with E-state index in [1.165, 1.54) is 12.8 Å². The van der Waals surface area contributed by atoms with Gasteiger partial charge in [-0.25, -0.2) is 0 Å². The standard InChI is InChI=1S/C14H18O3/c1-10(15)14-12(16-2)8-5-9-13(14)17-11-6-3-4-7-11/h5,8-9,11H,3-4,6-7H2,1-2H3. The molecule has 1 fully saturated rings. The van der Waals surface area contributed by atoms with Crippen molar-refractivity contribution < 1.29 is 14.3 Å². The molecule has 0 saturated heterocycles. The molecule has 0 bridgehead atoms. The molecule has 0 aromatic heterocycles. The molecule has 0 heterocycles. The van der Waals surface area contributed by atoms with Gasteiger partial charge in [0.25, 0.3) is 0 Å². The molecule has 0 unspecified atom stereocenters. The summed E-state index contributed by atoms with van der Waals surface area (Å²) in [5, 5.41) is 0. The second-order valence-corrected chi connectivity index (χ2v) is 4.41. The summed E-state index contributed by atoms with van der Waals surface area (Å²) in [6, 6.07) is 5.49. The molecule has 0 aliphatic heterocycles. The van der Waals surface area contributed by atoms with E-state index in [-0.39, 0.29) is 11.9 Å². The molecule has 1 aromatic rings. The van der Waals surface area contributed by atoms with Crippen LogP contribution in [-0.2, 0) is 0 Å². The molecule has 0 N–H and O–H groups in total. The highest BCUT2D eigenvalue weighted by Gasteiger charge is 2.21. The Labute approximate surface area is 102 Å². The lowest BCUT2D eigenvalue weighted by atomic mass is 10.1. The number of methoxy groups -OCH3 is 1. The fourth-order valence-corrected chi connectivity index (χ4v) is 2.31. The molecule has 3 heteroatoms. The van der Waals surface area contributed by atoms with Crippen LogP contribution in [-0.4, -0.2) is 19.0 Å². The van der Waals surface area contributed by atoms with Crippen LogP contribution in [0.3, 0.4) is 0 Å². The minimum absolute atomic E-state index is 0.0181. The third-order valence-corrected chi connectivity index (χ3v) is 3.16. The highest BCUT2D eigenvalue weighted by molar-refractivity contribution is 5.99. The zero-order valence-corrected chi connectivity index (χ0v) is 10.4. The fourth-order valence-electron chi connectivity index (χ4n) is 2.31. The zero-order chi connectivity index (χ0) is 12.3. The smallest absolute Gasteiger partial charge is 0.167 e. The molecule has 2 rings (SSSR count). The van der Waals surface area contributed by atoms with Crippen LogP contribution in [0.5, 0.6) is 11.5 Å². The summed E-state index contributed by atoms with van der Waals surface area (Å²) in [5.74, 6) is 1.23. The van der Waals surface area contributed by atoms with Crippen molar-refractivity contribution >= 4 is 5.78 Å². The Hall–Kier alpha value is -1.51. The van der Waals surface area contributed by atoms with Crippen LogP contribution in [0.2, 0.25) is 0 Å². The summed E-state index contributed by atoms with van der Waals surface area (Å²) in [7, 11) is 1.57. The number of ketones is 1. The fraction of sp³-hybridized carbons (Fsp3) is 0.500. The Balaban J connectivity index is 2.28. The largest absolute Gasteiger partial charge is 0.496 e. The van der Waals surface area contributed by atoms with Gasteiger partial charge >= 0.3 is 0 Å². The Morgan fingerprint density at radius 1 is 1.24 bits per heavy atom. The molecule has 17 heavy (non-hydrogen) atoms. The number of hydrogen-bond donors (Lipinski definition) is 0. The number of rotatable bonds is 4. The lowest BCUT2D eigenvalue weighted by molar-refractivity contribution is 0.100. The van der Waals surface area contributed by atoms with Crippen molar-refractivity contribution in [2.75, 3.05) is 7.11 Å². The van der Waals surface area contributed by atoms with Gasteiger partial charge in [-0.15, -0.1) is 0 Å².